The van der Waals surface area contributed by atoms with Crippen molar-refractivity contribution in [2.24, 2.45) is 11.8 Å². The zero-order valence-corrected chi connectivity index (χ0v) is 43.4. The molecule has 4 aromatic rings. The van der Waals surface area contributed by atoms with Crippen molar-refractivity contribution in [2.45, 2.75) is 140 Å². The number of carboxylic acids is 1. The van der Waals surface area contributed by atoms with E-state index in [-0.39, 0.29) is 41.4 Å². The topological polar surface area (TPSA) is 211 Å². The van der Waals surface area contributed by atoms with Crippen LogP contribution < -0.4 is 45.0 Å². The molecule has 19 heteroatoms. The van der Waals surface area contributed by atoms with Gasteiger partial charge in [0.15, 0.2) is 11.6 Å². The second-order valence-corrected chi connectivity index (χ2v) is 21.5. The van der Waals surface area contributed by atoms with Crippen molar-refractivity contribution >= 4 is 70.0 Å². The molecule has 1 saturated heterocycles. The Morgan fingerprint density at radius 3 is 1.66 bits per heavy atom. The molecule has 19 nitrogen and oxygen atoms in total. The van der Waals surface area contributed by atoms with E-state index in [0.717, 1.165) is 105 Å². The first kappa shape index (κ1) is 49.5. The number of aromatic nitrogens is 4. The Morgan fingerprint density at radius 1 is 0.676 bits per heavy atom. The highest BCUT2D eigenvalue weighted by atomic mass is 16.5. The third kappa shape index (κ3) is 9.08. The van der Waals surface area contributed by atoms with Gasteiger partial charge in [-0.1, -0.05) is 39.5 Å². The van der Waals surface area contributed by atoms with Crippen molar-refractivity contribution in [3.8, 4) is 11.5 Å². The molecule has 5 atom stereocenters. The summed E-state index contributed by atoms with van der Waals surface area (Å²) < 4.78 is 11.8. The first-order valence-electron chi connectivity index (χ1n) is 27.1. The molecular weight excluding hydrogens is 941 g/mol. The van der Waals surface area contributed by atoms with Gasteiger partial charge in [0.25, 0.3) is 5.91 Å². The van der Waals surface area contributed by atoms with E-state index in [1.165, 1.54) is 19.3 Å². The number of carbonyl (C=O) groups is 4. The highest BCUT2D eigenvalue weighted by Crippen LogP contribution is 2.45. The molecule has 7 heterocycles. The number of fused-ring (bicyclic) bond motifs is 5. The van der Waals surface area contributed by atoms with E-state index in [1.807, 2.05) is 26.1 Å². The number of benzene rings is 2. The summed E-state index contributed by atoms with van der Waals surface area (Å²) in [6, 6.07) is 7.47. The van der Waals surface area contributed by atoms with Crippen molar-refractivity contribution in [2.75, 3.05) is 77.7 Å². The quantitative estimate of drug-likeness (QED) is 0.115. The number of amides is 3. The summed E-state index contributed by atoms with van der Waals surface area (Å²) in [6.07, 6.45) is 18.4. The highest BCUT2D eigenvalue weighted by molar-refractivity contribution is 6.05. The summed E-state index contributed by atoms with van der Waals surface area (Å²) in [5.41, 5.74) is 5.43. The van der Waals surface area contributed by atoms with E-state index < -0.39 is 5.97 Å². The summed E-state index contributed by atoms with van der Waals surface area (Å²) in [5, 5.41) is 19.4. The summed E-state index contributed by atoms with van der Waals surface area (Å²) in [5.74, 6) is 4.29. The Labute approximate surface area is 432 Å². The van der Waals surface area contributed by atoms with Gasteiger partial charge < -0.3 is 55.0 Å². The molecule has 4 N–H and O–H groups in total. The first-order chi connectivity index (χ1) is 35.9. The van der Waals surface area contributed by atoms with Gasteiger partial charge in [-0.3, -0.25) is 14.4 Å². The molecule has 3 amide bonds. The van der Waals surface area contributed by atoms with E-state index in [9.17, 15) is 24.3 Å². The number of hydrogen-bond acceptors (Lipinski definition) is 15. The summed E-state index contributed by atoms with van der Waals surface area (Å²) in [7, 11) is 5.79. The van der Waals surface area contributed by atoms with Gasteiger partial charge in [0.1, 0.15) is 35.0 Å². The van der Waals surface area contributed by atoms with Gasteiger partial charge in [-0.15, -0.1) is 0 Å². The largest absolute Gasteiger partial charge is 0.491 e. The number of likely N-dealkylation sites (tertiary alicyclic amines) is 1. The number of nitrogens with zero attached hydrogens (tertiary/aromatic N) is 9. The van der Waals surface area contributed by atoms with Gasteiger partial charge in [0, 0.05) is 68.3 Å². The minimum Gasteiger partial charge on any atom is -0.491 e. The standard InChI is InChI=1S/C32H43N7O3.C23H27N5O4/c1-4-26-31(41)38(3)27-17-33-32(36-29(27)39(26)22-7-5-6-8-22)35-25-10-9-24(23-12-14-42-28(23)25)30(40)34-21-15-19-11-13-37(2)18-20(19)16-21;1-3-17-21(29)27(2)18-12-24-23(26-20(18)28(17)13-6-4-5-7-13)25-16-9-8-15(22(30)31)14-10-11-32-19(14)16/h9-10,17,19-22,26H,4-8,11-16,18H2,1-3H3,(H,34,40)(H,33,35,36);8-9,12-13,17H,3-7,10-11H2,1-2H3,(H,30,31)(H,24,25,26)/t19-,20-,21-,26-;17-/m11/s1. The van der Waals surface area contributed by atoms with Crippen LogP contribution in [0.5, 0.6) is 11.5 Å². The molecule has 0 spiro atoms. The number of nitrogens with one attached hydrogen (secondary N) is 3. The SMILES string of the molecule is CC[C@@H]1C(=O)N(C)c2cnc(Nc3ccc(C(=O)N[C@@H]4C[C@H]5CCN(C)C[C@H]5C4)c4c3OCC4)nc2N1C1CCCC1.CC[C@@H]1C(=O)N(C)c2cnc(Nc3ccc(C(=O)O)c4c3OCC4)nc2N1C1CCCC1. The average molecular weight is 1010 g/mol. The summed E-state index contributed by atoms with van der Waals surface area (Å²) in [4.78, 5) is 80.4. The molecule has 5 aliphatic heterocycles. The van der Waals surface area contributed by atoms with Gasteiger partial charge in [0.05, 0.1) is 42.5 Å². The van der Waals surface area contributed by atoms with Crippen LogP contribution in [0.2, 0.25) is 0 Å². The highest BCUT2D eigenvalue weighted by Gasteiger charge is 2.44. The van der Waals surface area contributed by atoms with E-state index in [2.05, 4.69) is 54.6 Å². The van der Waals surface area contributed by atoms with E-state index in [4.69, 9.17) is 19.4 Å². The fraction of sp³-hybridized carbons (Fsp3) is 0.564. The Kier molecular flexibility index (Phi) is 13.7. The van der Waals surface area contributed by atoms with Crippen LogP contribution in [-0.2, 0) is 22.4 Å². The van der Waals surface area contributed by atoms with Gasteiger partial charge in [0.2, 0.25) is 23.7 Å². The average Bonchev–Trinajstić information content (AvgIpc) is 4.27. The third-order valence-corrected chi connectivity index (χ3v) is 17.1. The van der Waals surface area contributed by atoms with Crippen LogP contribution in [0.3, 0.4) is 0 Å². The molecular formula is C55H70N12O7. The molecule has 4 fully saturated rings. The monoisotopic (exact) mass is 1010 g/mol. The molecule has 8 aliphatic rings. The van der Waals surface area contributed by atoms with Crippen LogP contribution in [0.1, 0.15) is 129 Å². The predicted octanol–water partition coefficient (Wildman–Crippen LogP) is 7.48. The first-order valence-corrected chi connectivity index (χ1v) is 27.1. The molecule has 3 saturated carbocycles. The van der Waals surface area contributed by atoms with Crippen LogP contribution >= 0.6 is 0 Å². The van der Waals surface area contributed by atoms with E-state index in [1.54, 1.807) is 41.4 Å². The number of aromatic carboxylic acids is 1. The third-order valence-electron chi connectivity index (χ3n) is 17.1. The molecule has 12 rings (SSSR count). The number of hydrogen-bond donors (Lipinski definition) is 4. The molecule has 2 aromatic carbocycles. The number of piperidine rings is 1. The zero-order chi connectivity index (χ0) is 51.4. The van der Waals surface area contributed by atoms with E-state index >= 15 is 0 Å². The van der Waals surface area contributed by atoms with Crippen LogP contribution in [0, 0.1) is 11.8 Å². The maximum Gasteiger partial charge on any atom is 0.336 e. The van der Waals surface area contributed by atoms with Gasteiger partial charge in [-0.25, -0.2) is 14.8 Å². The Bertz CT molecular complexity index is 2830. The minimum atomic E-state index is -0.964. The predicted molar refractivity (Wildman–Crippen MR) is 283 cm³/mol. The van der Waals surface area contributed by atoms with Crippen LogP contribution in [0.4, 0.5) is 46.3 Å². The van der Waals surface area contributed by atoms with Gasteiger partial charge >= 0.3 is 5.97 Å². The normalized spacial score (nSPS) is 24.3. The maximum absolute atomic E-state index is 13.5. The zero-order valence-electron chi connectivity index (χ0n) is 43.4. The summed E-state index contributed by atoms with van der Waals surface area (Å²) >= 11 is 0. The fourth-order valence-corrected chi connectivity index (χ4v) is 13.4. The van der Waals surface area contributed by atoms with Crippen LogP contribution in [-0.4, -0.2) is 131 Å². The number of likely N-dealkylation sites (N-methyl/N-ethyl adjacent to an activating group) is 2. The second kappa shape index (κ2) is 20.5. The second-order valence-electron chi connectivity index (χ2n) is 21.5. The van der Waals surface area contributed by atoms with Crippen molar-refractivity contribution in [1.82, 2.24) is 30.2 Å². The van der Waals surface area contributed by atoms with Gasteiger partial charge in [-0.05, 0) is 107 Å². The van der Waals surface area contributed by atoms with Gasteiger partial charge in [-0.2, -0.15) is 9.97 Å². The number of anilines is 8. The molecule has 0 unspecified atom stereocenters. The number of ether oxygens (including phenoxy) is 2. The molecule has 3 aliphatic carbocycles. The lowest BCUT2D eigenvalue weighted by Crippen LogP contribution is -2.55. The minimum absolute atomic E-state index is 0.00384. The number of carbonyl (C=O) groups excluding carboxylic acids is 3. The molecule has 74 heavy (non-hydrogen) atoms. The maximum atomic E-state index is 13.5. The molecule has 392 valence electrons. The van der Waals surface area contributed by atoms with Crippen LogP contribution in [0.15, 0.2) is 36.7 Å². The molecule has 0 bridgehead atoms. The lowest BCUT2D eigenvalue weighted by molar-refractivity contribution is -0.120. The molecule has 0 radical (unpaired) electrons. The lowest BCUT2D eigenvalue weighted by atomic mass is 9.89. The summed E-state index contributed by atoms with van der Waals surface area (Å²) in [6.45, 7) is 7.38. The van der Waals surface area contributed by atoms with Crippen LogP contribution in [0.25, 0.3) is 0 Å². The Hall–Kier alpha value is -6.76. The van der Waals surface area contributed by atoms with Crippen molar-refractivity contribution in [3.63, 3.8) is 0 Å². The Balaban J connectivity index is 0.000000165. The lowest BCUT2D eigenvalue weighted by Gasteiger charge is -2.43. The Morgan fingerprint density at radius 2 is 1.16 bits per heavy atom. The number of rotatable bonds is 11. The van der Waals surface area contributed by atoms with Crippen molar-refractivity contribution in [3.05, 3.63) is 58.9 Å². The van der Waals surface area contributed by atoms with E-state index in [0.29, 0.717) is 96.4 Å². The van der Waals surface area contributed by atoms with Crippen molar-refractivity contribution < 1.29 is 33.8 Å². The smallest absolute Gasteiger partial charge is 0.336 e. The molecule has 2 aromatic heterocycles. The fourth-order valence-electron chi connectivity index (χ4n) is 13.4. The van der Waals surface area contributed by atoms with Crippen molar-refractivity contribution in [1.29, 1.82) is 0 Å². The number of carboxylic acid groups (broad SMARTS) is 1.